The Balaban J connectivity index is 2.03. The van der Waals surface area contributed by atoms with E-state index in [2.05, 4.69) is 4.99 Å². The molecule has 0 saturated carbocycles. The van der Waals surface area contributed by atoms with Gasteiger partial charge in [-0.25, -0.2) is 4.79 Å². The third-order valence-corrected chi connectivity index (χ3v) is 7.95. The van der Waals surface area contributed by atoms with Crippen molar-refractivity contribution in [3.8, 4) is 5.75 Å². The summed E-state index contributed by atoms with van der Waals surface area (Å²) < 4.78 is 23.1. The second kappa shape index (κ2) is 13.9. The van der Waals surface area contributed by atoms with E-state index in [1.54, 1.807) is 18.2 Å². The van der Waals surface area contributed by atoms with Gasteiger partial charge in [-0.05, 0) is 51.5 Å². The topological polar surface area (TPSA) is 69.6 Å². The quantitative estimate of drug-likeness (QED) is 0.129. The van der Waals surface area contributed by atoms with Crippen LogP contribution in [0.2, 0.25) is 6.04 Å². The minimum absolute atomic E-state index is 0.392. The predicted molar refractivity (Wildman–Crippen MR) is 135 cm³/mol. The van der Waals surface area contributed by atoms with Gasteiger partial charge >= 0.3 is 14.8 Å². The number of hydrogen-bond acceptors (Lipinski definition) is 7. The number of nitrogens with zero attached hydrogens (tertiary/aromatic N) is 2. The fraction of sp³-hybridized carbons (Fsp3) is 0.440. The van der Waals surface area contributed by atoms with Crippen LogP contribution in [-0.4, -0.2) is 61.4 Å². The highest BCUT2D eigenvalue weighted by Crippen LogP contribution is 2.22. The number of ether oxygens (including phenoxy) is 1. The van der Waals surface area contributed by atoms with Crippen LogP contribution < -0.4 is 9.64 Å². The summed E-state index contributed by atoms with van der Waals surface area (Å²) in [5, 5.41) is 0. The molecule has 0 bridgehead atoms. The van der Waals surface area contributed by atoms with Gasteiger partial charge in [-0.15, -0.1) is 0 Å². The Morgan fingerprint density at radius 2 is 1.61 bits per heavy atom. The molecule has 0 aliphatic rings. The number of carbonyl (C=O) groups is 1. The molecule has 0 aliphatic heterocycles. The molecule has 0 atom stereocenters. The molecule has 0 fully saturated rings. The molecule has 0 spiro atoms. The van der Waals surface area contributed by atoms with E-state index in [0.717, 1.165) is 23.7 Å². The Hall–Kier alpha value is -2.52. The molecule has 2 rings (SSSR count). The summed E-state index contributed by atoms with van der Waals surface area (Å²) >= 11 is 0. The third kappa shape index (κ3) is 8.40. The second-order valence-corrected chi connectivity index (χ2v) is 10.2. The number of anilines is 1. The molecule has 0 aliphatic carbocycles. The van der Waals surface area contributed by atoms with Crippen molar-refractivity contribution >= 4 is 26.7 Å². The fourth-order valence-electron chi connectivity index (χ4n) is 3.37. The number of para-hydroxylation sites is 1. The van der Waals surface area contributed by atoms with Crippen LogP contribution in [0, 0.1) is 0 Å². The third-order valence-electron chi connectivity index (χ3n) is 4.79. The first-order valence-electron chi connectivity index (χ1n) is 11.4. The van der Waals surface area contributed by atoms with Crippen molar-refractivity contribution in [1.29, 1.82) is 0 Å². The fourth-order valence-corrected chi connectivity index (χ4v) is 5.97. The highest BCUT2D eigenvalue weighted by atomic mass is 28.4. The lowest BCUT2D eigenvalue weighted by atomic mass is 10.1. The maximum absolute atomic E-state index is 12.5. The van der Waals surface area contributed by atoms with Gasteiger partial charge in [0.15, 0.2) is 0 Å². The Bertz CT molecular complexity index is 873. The molecule has 0 aromatic heterocycles. The van der Waals surface area contributed by atoms with E-state index >= 15 is 0 Å². The second-order valence-electron chi connectivity index (χ2n) is 7.49. The summed E-state index contributed by atoms with van der Waals surface area (Å²) in [5.41, 5.74) is 2.31. The van der Waals surface area contributed by atoms with E-state index in [-0.39, 0.29) is 0 Å². The van der Waals surface area contributed by atoms with Crippen molar-refractivity contribution in [3.05, 3.63) is 59.7 Å². The first-order chi connectivity index (χ1) is 15.9. The monoisotopic (exact) mass is 472 g/mol. The van der Waals surface area contributed by atoms with E-state index in [9.17, 15) is 4.79 Å². The molecule has 33 heavy (non-hydrogen) atoms. The zero-order valence-corrected chi connectivity index (χ0v) is 21.4. The number of aliphatic imine (C=N–C) groups is 1. The molecule has 0 amide bonds. The number of benzene rings is 2. The average Bonchev–Trinajstić information content (AvgIpc) is 2.80. The standard InChI is InChI=1S/C25H36N2O5Si/c1-6-29-33(30-7-2,31-8-3)18-12-17-26-20-22-16-15-21(19-24(22)27(4)5)25(28)32-23-13-10-9-11-14-23/h9-11,13-16,19-20H,6-8,12,17-18H2,1-5H3. The predicted octanol–water partition coefficient (Wildman–Crippen LogP) is 4.83. The molecule has 0 N–H and O–H groups in total. The highest BCUT2D eigenvalue weighted by molar-refractivity contribution is 6.60. The van der Waals surface area contributed by atoms with Gasteiger partial charge in [0.25, 0.3) is 0 Å². The summed E-state index contributed by atoms with van der Waals surface area (Å²) in [7, 11) is 1.23. The lowest BCUT2D eigenvalue weighted by Crippen LogP contribution is -2.46. The lowest BCUT2D eigenvalue weighted by molar-refractivity contribution is 0.0707. The minimum Gasteiger partial charge on any atom is -0.423 e. The normalized spacial score (nSPS) is 11.7. The Morgan fingerprint density at radius 3 is 2.18 bits per heavy atom. The van der Waals surface area contributed by atoms with E-state index in [1.807, 2.05) is 76.3 Å². The lowest BCUT2D eigenvalue weighted by Gasteiger charge is -2.28. The summed E-state index contributed by atoms with van der Waals surface area (Å²) in [5.74, 6) is 0.127. The molecule has 8 heteroatoms. The largest absolute Gasteiger partial charge is 0.500 e. The van der Waals surface area contributed by atoms with E-state index in [4.69, 9.17) is 18.0 Å². The molecule has 0 saturated heterocycles. The van der Waals surface area contributed by atoms with Crippen LogP contribution in [-0.2, 0) is 13.3 Å². The van der Waals surface area contributed by atoms with Gasteiger partial charge in [-0.1, -0.05) is 24.3 Å². The molecule has 0 heterocycles. The first-order valence-corrected chi connectivity index (χ1v) is 13.4. The highest BCUT2D eigenvalue weighted by Gasteiger charge is 2.39. The van der Waals surface area contributed by atoms with Gasteiger partial charge in [-0.3, -0.25) is 4.99 Å². The summed E-state index contributed by atoms with van der Waals surface area (Å²) in [6.45, 7) is 8.22. The zero-order valence-electron chi connectivity index (χ0n) is 20.4. The van der Waals surface area contributed by atoms with Gasteiger partial charge in [0.05, 0.1) is 5.56 Å². The van der Waals surface area contributed by atoms with E-state index in [1.165, 1.54) is 0 Å². The first kappa shape index (κ1) is 26.7. The van der Waals surface area contributed by atoms with Gasteiger partial charge in [-0.2, -0.15) is 0 Å². The van der Waals surface area contributed by atoms with Crippen LogP contribution in [0.5, 0.6) is 5.75 Å². The molecule has 2 aromatic rings. The molecule has 2 aromatic carbocycles. The van der Waals surface area contributed by atoms with E-state index < -0.39 is 14.8 Å². The SMILES string of the molecule is CCO[Si](CCCN=Cc1ccc(C(=O)Oc2ccccc2)cc1N(C)C)(OCC)OCC. The van der Waals surface area contributed by atoms with Crippen LogP contribution in [0.4, 0.5) is 5.69 Å². The van der Waals surface area contributed by atoms with Crippen LogP contribution in [0.25, 0.3) is 0 Å². The Labute approximate surface area is 198 Å². The van der Waals surface area contributed by atoms with Crippen molar-refractivity contribution in [3.63, 3.8) is 0 Å². The average molecular weight is 473 g/mol. The summed E-state index contributed by atoms with van der Waals surface area (Å²) in [6.07, 6.45) is 2.65. The summed E-state index contributed by atoms with van der Waals surface area (Å²) in [4.78, 5) is 19.1. The smallest absolute Gasteiger partial charge is 0.423 e. The number of hydrogen-bond donors (Lipinski definition) is 0. The molecule has 0 unspecified atom stereocenters. The minimum atomic E-state index is -2.64. The molecule has 180 valence electrons. The van der Waals surface area contributed by atoms with Crippen molar-refractivity contribution in [2.24, 2.45) is 4.99 Å². The summed E-state index contributed by atoms with van der Waals surface area (Å²) in [6, 6.07) is 15.2. The Kier molecular flexibility index (Phi) is 11.3. The van der Waals surface area contributed by atoms with Crippen LogP contribution in [0.15, 0.2) is 53.5 Å². The van der Waals surface area contributed by atoms with Gasteiger partial charge in [0.2, 0.25) is 0 Å². The van der Waals surface area contributed by atoms with Gasteiger partial charge in [0, 0.05) is 64.0 Å². The molecular formula is C25H36N2O5Si. The van der Waals surface area contributed by atoms with Crippen LogP contribution in [0.1, 0.15) is 43.1 Å². The molecule has 0 radical (unpaired) electrons. The maximum atomic E-state index is 12.5. The van der Waals surface area contributed by atoms with E-state index in [0.29, 0.717) is 37.7 Å². The van der Waals surface area contributed by atoms with Crippen molar-refractivity contribution in [1.82, 2.24) is 0 Å². The van der Waals surface area contributed by atoms with Crippen LogP contribution >= 0.6 is 0 Å². The molecular weight excluding hydrogens is 436 g/mol. The number of esters is 1. The molecule has 7 nitrogen and oxygen atoms in total. The number of rotatable bonds is 14. The number of carbonyl (C=O) groups excluding carboxylic acids is 1. The van der Waals surface area contributed by atoms with Crippen molar-refractivity contribution < 1.29 is 22.8 Å². The maximum Gasteiger partial charge on any atom is 0.500 e. The van der Waals surface area contributed by atoms with Gasteiger partial charge < -0.3 is 22.9 Å². The Morgan fingerprint density at radius 1 is 0.970 bits per heavy atom. The van der Waals surface area contributed by atoms with Crippen molar-refractivity contribution in [2.75, 3.05) is 45.4 Å². The van der Waals surface area contributed by atoms with Crippen molar-refractivity contribution in [2.45, 2.75) is 33.2 Å². The zero-order chi connectivity index (χ0) is 24.1. The van der Waals surface area contributed by atoms with Gasteiger partial charge in [0.1, 0.15) is 5.75 Å². The van der Waals surface area contributed by atoms with Crippen LogP contribution in [0.3, 0.4) is 0 Å².